The van der Waals surface area contributed by atoms with Gasteiger partial charge in [0.05, 0.1) is 0 Å². The molecule has 0 saturated carbocycles. The smallest absolute Gasteiger partial charge is 0.0443 e. The van der Waals surface area contributed by atoms with Gasteiger partial charge in [-0.2, -0.15) is 0 Å². The first-order valence-electron chi connectivity index (χ1n) is 19.6. The van der Waals surface area contributed by atoms with Crippen molar-refractivity contribution in [3.63, 3.8) is 0 Å². The Morgan fingerprint density at radius 2 is 0.911 bits per heavy atom. The van der Waals surface area contributed by atoms with Gasteiger partial charge in [-0.1, -0.05) is 184 Å². The van der Waals surface area contributed by atoms with Gasteiger partial charge in [-0.15, -0.1) is 11.3 Å². The second-order valence-electron chi connectivity index (χ2n) is 15.9. The molecule has 56 heavy (non-hydrogen) atoms. The van der Waals surface area contributed by atoms with Crippen LogP contribution >= 0.6 is 11.3 Å². The molecule has 262 valence electrons. The number of hydrogen-bond donors (Lipinski definition) is 0. The minimum absolute atomic E-state index is 0.145. The highest BCUT2D eigenvalue weighted by atomic mass is 32.1. The van der Waals surface area contributed by atoms with E-state index < -0.39 is 0 Å². The van der Waals surface area contributed by atoms with Crippen LogP contribution in [-0.2, 0) is 5.41 Å². The number of benzene rings is 10. The minimum Gasteiger partial charge on any atom is -0.134 e. The fraction of sp³-hybridized carbons (Fsp3) is 0.0545. The Hall–Kier alpha value is -6.54. The summed E-state index contributed by atoms with van der Waals surface area (Å²) in [4.78, 5) is 0. The fourth-order valence-electron chi connectivity index (χ4n) is 10.2. The number of hydrogen-bond acceptors (Lipinski definition) is 1. The summed E-state index contributed by atoms with van der Waals surface area (Å²) in [5.41, 5.74) is 13.1. The zero-order valence-electron chi connectivity index (χ0n) is 31.2. The molecule has 0 fully saturated rings. The van der Waals surface area contributed by atoms with Gasteiger partial charge in [0.15, 0.2) is 0 Å². The Labute approximate surface area is 329 Å². The fourth-order valence-corrected chi connectivity index (χ4v) is 11.4. The van der Waals surface area contributed by atoms with Crippen molar-refractivity contribution in [1.29, 1.82) is 0 Å². The molecule has 0 aliphatic heterocycles. The SMILES string of the molecule is CC1(C)c2cc(-c3ccc(-c4c5ccccc5c(-c5cccc6ccccc56)c5ccccc45)cc3)ccc2-c2c1c1ccccc1c1c2sc2ccccc21. The normalized spacial score (nSPS) is 13.3. The predicted octanol–water partition coefficient (Wildman–Crippen LogP) is 16.0. The van der Waals surface area contributed by atoms with Crippen LogP contribution in [0.4, 0.5) is 0 Å². The molecule has 0 bridgehead atoms. The van der Waals surface area contributed by atoms with Crippen LogP contribution in [0.25, 0.3) is 108 Å². The van der Waals surface area contributed by atoms with Gasteiger partial charge < -0.3 is 0 Å². The predicted molar refractivity (Wildman–Crippen MR) is 243 cm³/mol. The highest BCUT2D eigenvalue weighted by Crippen LogP contribution is 2.57. The number of thiophene rings is 1. The Kier molecular flexibility index (Phi) is 6.66. The van der Waals surface area contributed by atoms with Crippen LogP contribution in [0.3, 0.4) is 0 Å². The van der Waals surface area contributed by atoms with Gasteiger partial charge in [-0.25, -0.2) is 0 Å². The maximum absolute atomic E-state index is 2.47. The van der Waals surface area contributed by atoms with Gasteiger partial charge in [-0.3, -0.25) is 0 Å². The number of fused-ring (bicyclic) bond motifs is 13. The van der Waals surface area contributed by atoms with E-state index in [9.17, 15) is 0 Å². The maximum Gasteiger partial charge on any atom is 0.0443 e. The van der Waals surface area contributed by atoms with Gasteiger partial charge in [0.25, 0.3) is 0 Å². The molecule has 0 N–H and O–H groups in total. The van der Waals surface area contributed by atoms with E-state index in [0.717, 1.165) is 0 Å². The zero-order chi connectivity index (χ0) is 37.1. The summed E-state index contributed by atoms with van der Waals surface area (Å²) in [6.07, 6.45) is 0. The summed E-state index contributed by atoms with van der Waals surface area (Å²) in [6.45, 7) is 4.85. The molecule has 10 aromatic carbocycles. The molecular formula is C55H36S. The lowest BCUT2D eigenvalue weighted by Crippen LogP contribution is -2.15. The first-order valence-corrected chi connectivity index (χ1v) is 20.4. The van der Waals surface area contributed by atoms with E-state index in [4.69, 9.17) is 0 Å². The molecule has 1 aromatic heterocycles. The summed E-state index contributed by atoms with van der Waals surface area (Å²) in [5.74, 6) is 0. The summed E-state index contributed by atoms with van der Waals surface area (Å²) >= 11 is 1.95. The van der Waals surface area contributed by atoms with E-state index >= 15 is 0 Å². The molecule has 1 heteroatoms. The van der Waals surface area contributed by atoms with Gasteiger partial charge in [0.1, 0.15) is 0 Å². The maximum atomic E-state index is 2.47. The average molecular weight is 729 g/mol. The first-order chi connectivity index (χ1) is 27.6. The molecule has 0 atom stereocenters. The summed E-state index contributed by atoms with van der Waals surface area (Å²) < 4.78 is 2.77. The topological polar surface area (TPSA) is 0 Å². The van der Waals surface area contributed by atoms with E-state index in [1.165, 1.54) is 119 Å². The third-order valence-corrected chi connectivity index (χ3v) is 13.8. The molecule has 0 nitrogen and oxygen atoms in total. The third kappa shape index (κ3) is 4.35. The summed E-state index contributed by atoms with van der Waals surface area (Å²) in [7, 11) is 0. The largest absolute Gasteiger partial charge is 0.134 e. The second-order valence-corrected chi connectivity index (χ2v) is 17.0. The van der Waals surface area contributed by atoms with Crippen LogP contribution in [0.2, 0.25) is 0 Å². The van der Waals surface area contributed by atoms with Crippen molar-refractivity contribution >= 4 is 74.6 Å². The molecule has 0 saturated heterocycles. The molecule has 1 heterocycles. The molecule has 12 rings (SSSR count). The Balaban J connectivity index is 1.02. The second kappa shape index (κ2) is 11.7. The highest BCUT2D eigenvalue weighted by molar-refractivity contribution is 7.26. The van der Waals surface area contributed by atoms with Crippen LogP contribution in [0.15, 0.2) is 182 Å². The monoisotopic (exact) mass is 728 g/mol. The Morgan fingerprint density at radius 3 is 1.62 bits per heavy atom. The van der Waals surface area contributed by atoms with E-state index in [2.05, 4.69) is 196 Å². The Morgan fingerprint density at radius 1 is 0.375 bits per heavy atom. The van der Waals surface area contributed by atoms with Crippen molar-refractivity contribution < 1.29 is 0 Å². The quantitative estimate of drug-likeness (QED) is 0.159. The van der Waals surface area contributed by atoms with Gasteiger partial charge in [0.2, 0.25) is 0 Å². The molecule has 1 aliphatic carbocycles. The van der Waals surface area contributed by atoms with Crippen LogP contribution in [0, 0.1) is 0 Å². The van der Waals surface area contributed by atoms with Crippen molar-refractivity contribution in [3.8, 4) is 44.5 Å². The van der Waals surface area contributed by atoms with E-state index in [0.29, 0.717) is 0 Å². The molecule has 0 spiro atoms. The van der Waals surface area contributed by atoms with Crippen LogP contribution in [0.5, 0.6) is 0 Å². The standard InChI is InChI=1S/C55H36S/c1-55(2)47-32-36(30-31-45(47)52-53(55)44-22-10-9-21-43(44)51-46-23-11-12-25-48(46)56-54(51)52)33-26-28-35(29-27-33)49-39-17-5-7-19-41(39)50(42-20-8-6-18-40(42)49)38-24-13-15-34-14-3-4-16-37(34)38/h3-32H,1-2H3. The van der Waals surface area contributed by atoms with Crippen molar-refractivity contribution in [2.75, 3.05) is 0 Å². The lowest BCUT2D eigenvalue weighted by molar-refractivity contribution is 0.667. The number of rotatable bonds is 3. The van der Waals surface area contributed by atoms with E-state index in [1.54, 1.807) is 0 Å². The molecule has 11 aromatic rings. The van der Waals surface area contributed by atoms with E-state index in [-0.39, 0.29) is 5.41 Å². The van der Waals surface area contributed by atoms with Crippen molar-refractivity contribution in [3.05, 3.63) is 193 Å². The third-order valence-electron chi connectivity index (χ3n) is 12.6. The molecule has 1 aliphatic rings. The zero-order valence-corrected chi connectivity index (χ0v) is 32.0. The van der Waals surface area contributed by atoms with Crippen LogP contribution < -0.4 is 0 Å². The first kappa shape index (κ1) is 31.8. The van der Waals surface area contributed by atoms with Crippen LogP contribution in [0.1, 0.15) is 25.0 Å². The lowest BCUT2D eigenvalue weighted by Gasteiger charge is -2.24. The van der Waals surface area contributed by atoms with Crippen molar-refractivity contribution in [2.45, 2.75) is 19.3 Å². The highest BCUT2D eigenvalue weighted by Gasteiger charge is 2.39. The van der Waals surface area contributed by atoms with E-state index in [1.807, 2.05) is 11.3 Å². The molecule has 0 radical (unpaired) electrons. The van der Waals surface area contributed by atoms with Gasteiger partial charge >= 0.3 is 0 Å². The van der Waals surface area contributed by atoms with Gasteiger partial charge in [-0.05, 0) is 105 Å². The van der Waals surface area contributed by atoms with Crippen molar-refractivity contribution in [1.82, 2.24) is 0 Å². The lowest BCUT2D eigenvalue weighted by atomic mass is 9.79. The summed E-state index contributed by atoms with van der Waals surface area (Å²) in [5, 5.41) is 13.1. The summed E-state index contributed by atoms with van der Waals surface area (Å²) in [6, 6.07) is 67.9. The molecule has 0 unspecified atom stereocenters. The molecule has 0 amide bonds. The van der Waals surface area contributed by atoms with Gasteiger partial charge in [0, 0.05) is 31.2 Å². The van der Waals surface area contributed by atoms with Crippen molar-refractivity contribution in [2.24, 2.45) is 0 Å². The molecular weight excluding hydrogens is 693 g/mol. The average Bonchev–Trinajstić information content (AvgIpc) is 3.75. The van der Waals surface area contributed by atoms with Crippen LogP contribution in [-0.4, -0.2) is 0 Å². The Bertz CT molecular complexity index is 3370. The minimum atomic E-state index is -0.145.